The summed E-state index contributed by atoms with van der Waals surface area (Å²) in [6, 6.07) is 6.52. The summed E-state index contributed by atoms with van der Waals surface area (Å²) in [5.74, 6) is 1.61. The lowest BCUT2D eigenvalue weighted by molar-refractivity contribution is -0.128. The minimum absolute atomic E-state index is 0.190. The molecule has 0 saturated heterocycles. The summed E-state index contributed by atoms with van der Waals surface area (Å²) < 4.78 is 13.2. The molecule has 4 fully saturated rings. The van der Waals surface area contributed by atoms with E-state index in [4.69, 9.17) is 0 Å². The van der Waals surface area contributed by atoms with Gasteiger partial charge in [-0.3, -0.25) is 4.79 Å². The Morgan fingerprint density at radius 3 is 2.46 bits per heavy atom. The van der Waals surface area contributed by atoms with Crippen molar-refractivity contribution in [2.45, 2.75) is 55.7 Å². The number of alkyl halides is 1. The van der Waals surface area contributed by atoms with Crippen LogP contribution >= 0.6 is 15.9 Å². The second-order valence-electron chi connectivity index (χ2n) is 8.52. The first kappa shape index (κ1) is 16.6. The predicted molar refractivity (Wildman–Crippen MR) is 96.5 cm³/mol. The number of nitrogens with one attached hydrogen (secondary N) is 1. The molecule has 1 aromatic rings. The van der Waals surface area contributed by atoms with Crippen LogP contribution in [-0.4, -0.2) is 16.8 Å². The summed E-state index contributed by atoms with van der Waals surface area (Å²) in [5, 5.41) is 3.09. The van der Waals surface area contributed by atoms with Gasteiger partial charge in [-0.25, -0.2) is 4.39 Å². The van der Waals surface area contributed by atoms with Crippen LogP contribution in [0.2, 0.25) is 0 Å². The first-order chi connectivity index (χ1) is 11.4. The highest BCUT2D eigenvalue weighted by Gasteiger charge is 2.57. The lowest BCUT2D eigenvalue weighted by atomic mass is 9.48. The Balaban J connectivity index is 1.31. The van der Waals surface area contributed by atoms with Gasteiger partial charge in [-0.2, -0.15) is 0 Å². The Morgan fingerprint density at radius 2 is 1.83 bits per heavy atom. The van der Waals surface area contributed by atoms with Crippen molar-refractivity contribution in [3.63, 3.8) is 0 Å². The SMILES string of the molecule is O=C(CC12CC3CC(CC(Br)(C3)C1)C2)NCCc1ccc(F)cc1. The Kier molecular flexibility index (Phi) is 4.22. The monoisotopic (exact) mass is 393 g/mol. The summed E-state index contributed by atoms with van der Waals surface area (Å²) in [4.78, 5) is 12.5. The lowest BCUT2D eigenvalue weighted by Gasteiger charge is -2.60. The van der Waals surface area contributed by atoms with E-state index >= 15 is 0 Å². The molecule has 0 aromatic heterocycles. The molecule has 4 aliphatic carbocycles. The molecule has 2 nitrogen and oxygen atoms in total. The fourth-order valence-electron chi connectivity index (χ4n) is 5.94. The molecule has 4 saturated carbocycles. The highest BCUT2D eigenvalue weighted by atomic mass is 79.9. The predicted octanol–water partition coefficient (Wildman–Crippen LogP) is 4.61. The molecular weight excluding hydrogens is 369 g/mol. The Bertz CT molecular complexity index is 615. The van der Waals surface area contributed by atoms with Gasteiger partial charge in [0.1, 0.15) is 5.82 Å². The van der Waals surface area contributed by atoms with Crippen molar-refractivity contribution in [1.82, 2.24) is 5.32 Å². The molecule has 4 aliphatic rings. The van der Waals surface area contributed by atoms with Crippen LogP contribution in [0.1, 0.15) is 50.5 Å². The molecule has 0 heterocycles. The molecule has 0 aliphatic heterocycles. The highest BCUT2D eigenvalue weighted by Crippen LogP contribution is 2.65. The van der Waals surface area contributed by atoms with Crippen LogP contribution in [0.4, 0.5) is 4.39 Å². The summed E-state index contributed by atoms with van der Waals surface area (Å²) in [5.41, 5.74) is 1.29. The number of amides is 1. The van der Waals surface area contributed by atoms with Crippen LogP contribution in [0, 0.1) is 23.1 Å². The van der Waals surface area contributed by atoms with Crippen LogP contribution in [0.25, 0.3) is 0 Å². The molecule has 0 radical (unpaired) electrons. The second kappa shape index (κ2) is 6.12. The number of carbonyl (C=O) groups is 1. The van der Waals surface area contributed by atoms with E-state index in [-0.39, 0.29) is 17.1 Å². The van der Waals surface area contributed by atoms with E-state index in [1.165, 1.54) is 50.7 Å². The van der Waals surface area contributed by atoms with Crippen molar-refractivity contribution in [3.8, 4) is 0 Å². The quantitative estimate of drug-likeness (QED) is 0.727. The molecule has 130 valence electrons. The van der Waals surface area contributed by atoms with Crippen LogP contribution < -0.4 is 5.32 Å². The molecule has 2 unspecified atom stereocenters. The zero-order valence-electron chi connectivity index (χ0n) is 14.0. The fraction of sp³-hybridized carbons (Fsp3) is 0.650. The number of rotatable bonds is 5. The Labute approximate surface area is 151 Å². The molecule has 0 spiro atoms. The van der Waals surface area contributed by atoms with Crippen molar-refractivity contribution in [2.75, 3.05) is 6.54 Å². The molecule has 2 atom stereocenters. The molecule has 1 aromatic carbocycles. The van der Waals surface area contributed by atoms with Gasteiger partial charge in [-0.15, -0.1) is 0 Å². The standard InChI is InChI=1S/C20H25BrFNO/c21-20-10-15-7-16(11-20)9-19(8-15,13-20)12-18(24)23-6-5-14-1-3-17(22)4-2-14/h1-4,15-16H,5-13H2,(H,23,24). The molecule has 24 heavy (non-hydrogen) atoms. The lowest BCUT2D eigenvalue weighted by Crippen LogP contribution is -2.54. The summed E-state index contributed by atoms with van der Waals surface area (Å²) in [7, 11) is 0. The van der Waals surface area contributed by atoms with Gasteiger partial charge < -0.3 is 5.32 Å². The van der Waals surface area contributed by atoms with Gasteiger partial charge in [0.2, 0.25) is 5.91 Å². The molecule has 5 rings (SSSR count). The van der Waals surface area contributed by atoms with E-state index < -0.39 is 0 Å². The van der Waals surface area contributed by atoms with Crippen molar-refractivity contribution >= 4 is 21.8 Å². The number of carbonyl (C=O) groups excluding carboxylic acids is 1. The second-order valence-corrected chi connectivity index (χ2v) is 10.2. The van der Waals surface area contributed by atoms with Crippen molar-refractivity contribution in [1.29, 1.82) is 0 Å². The van der Waals surface area contributed by atoms with Gasteiger partial charge in [0.25, 0.3) is 0 Å². The normalized spacial score (nSPS) is 36.8. The third kappa shape index (κ3) is 3.40. The fourth-order valence-corrected chi connectivity index (χ4v) is 7.45. The highest BCUT2D eigenvalue weighted by molar-refractivity contribution is 9.10. The largest absolute Gasteiger partial charge is 0.356 e. The summed E-state index contributed by atoms with van der Waals surface area (Å²) >= 11 is 4.01. The average molecular weight is 394 g/mol. The van der Waals surface area contributed by atoms with Gasteiger partial charge in [0.15, 0.2) is 0 Å². The maximum absolute atomic E-state index is 12.9. The van der Waals surface area contributed by atoms with Crippen LogP contribution in [0.5, 0.6) is 0 Å². The van der Waals surface area contributed by atoms with Gasteiger partial charge in [-0.1, -0.05) is 28.1 Å². The topological polar surface area (TPSA) is 29.1 Å². The molecule has 1 N–H and O–H groups in total. The molecule has 4 bridgehead atoms. The van der Waals surface area contributed by atoms with Gasteiger partial charge >= 0.3 is 0 Å². The molecule has 4 heteroatoms. The van der Waals surface area contributed by atoms with Gasteiger partial charge in [-0.05, 0) is 79.9 Å². The zero-order valence-corrected chi connectivity index (χ0v) is 15.6. The summed E-state index contributed by atoms with van der Waals surface area (Å²) in [6.07, 6.45) is 9.06. The summed E-state index contributed by atoms with van der Waals surface area (Å²) in [6.45, 7) is 0.632. The van der Waals surface area contributed by atoms with Crippen LogP contribution in [0.15, 0.2) is 24.3 Å². The van der Waals surface area contributed by atoms with E-state index in [0.29, 0.717) is 17.3 Å². The first-order valence-corrected chi connectivity index (χ1v) is 9.93. The third-order valence-corrected chi connectivity index (χ3v) is 7.22. The van der Waals surface area contributed by atoms with E-state index in [2.05, 4.69) is 21.2 Å². The maximum atomic E-state index is 12.9. The van der Waals surface area contributed by atoms with Crippen molar-refractivity contribution < 1.29 is 9.18 Å². The average Bonchev–Trinajstić information content (AvgIpc) is 2.46. The minimum Gasteiger partial charge on any atom is -0.356 e. The number of hydrogen-bond donors (Lipinski definition) is 1. The zero-order chi connectivity index (χ0) is 16.8. The number of benzene rings is 1. The van der Waals surface area contributed by atoms with E-state index in [0.717, 1.165) is 23.8 Å². The van der Waals surface area contributed by atoms with Crippen LogP contribution in [0.3, 0.4) is 0 Å². The minimum atomic E-state index is -0.215. The van der Waals surface area contributed by atoms with Crippen LogP contribution in [-0.2, 0) is 11.2 Å². The molecule has 1 amide bonds. The smallest absolute Gasteiger partial charge is 0.220 e. The first-order valence-electron chi connectivity index (χ1n) is 9.14. The van der Waals surface area contributed by atoms with E-state index in [1.54, 1.807) is 12.1 Å². The molecular formula is C20H25BrFNO. The van der Waals surface area contributed by atoms with Crippen molar-refractivity contribution in [3.05, 3.63) is 35.6 Å². The Morgan fingerprint density at radius 1 is 1.17 bits per heavy atom. The van der Waals surface area contributed by atoms with Crippen molar-refractivity contribution in [2.24, 2.45) is 17.3 Å². The Hall–Kier alpha value is -0.900. The maximum Gasteiger partial charge on any atom is 0.220 e. The van der Waals surface area contributed by atoms with E-state index in [1.807, 2.05) is 0 Å². The number of halogens is 2. The third-order valence-electron chi connectivity index (χ3n) is 6.30. The van der Waals surface area contributed by atoms with Gasteiger partial charge in [0, 0.05) is 17.3 Å². The van der Waals surface area contributed by atoms with Gasteiger partial charge in [0.05, 0.1) is 0 Å². The van der Waals surface area contributed by atoms with E-state index in [9.17, 15) is 9.18 Å². The number of hydrogen-bond acceptors (Lipinski definition) is 1.